The molecule has 0 radical (unpaired) electrons. The maximum atomic E-state index is 13.6. The van der Waals surface area contributed by atoms with Gasteiger partial charge in [0.1, 0.15) is 17.9 Å². The number of fused-ring (bicyclic) bond motifs is 1. The summed E-state index contributed by atoms with van der Waals surface area (Å²) in [6.45, 7) is -0.156. The number of likely N-dealkylation sites (tertiary alicyclic amines) is 2. The van der Waals surface area contributed by atoms with E-state index >= 15 is 0 Å². The van der Waals surface area contributed by atoms with E-state index in [1.807, 2.05) is 0 Å². The van der Waals surface area contributed by atoms with Crippen molar-refractivity contribution in [1.29, 1.82) is 5.26 Å². The van der Waals surface area contributed by atoms with Gasteiger partial charge in [0.25, 0.3) is 5.92 Å². The highest BCUT2D eigenvalue weighted by Gasteiger charge is 2.47. The summed E-state index contributed by atoms with van der Waals surface area (Å²) in [4.78, 5) is 19.0. The summed E-state index contributed by atoms with van der Waals surface area (Å²) < 4.78 is 72.9. The number of para-hydroxylation sites is 1. The number of hydrogen-bond donors (Lipinski definition) is 0. The van der Waals surface area contributed by atoms with E-state index in [2.05, 4.69) is 4.98 Å². The number of rotatable bonds is 4. The van der Waals surface area contributed by atoms with Gasteiger partial charge in [-0.1, -0.05) is 6.07 Å². The number of carbonyl (C=O) groups excluding carboxylic acids is 1. The lowest BCUT2D eigenvalue weighted by Gasteiger charge is -2.23. The lowest BCUT2D eigenvalue weighted by Crippen LogP contribution is -2.42. The Morgan fingerprint density at radius 1 is 1.31 bits per heavy atom. The molecule has 4 rings (SSSR count). The quantitative estimate of drug-likeness (QED) is 0.662. The minimum absolute atomic E-state index is 0.135. The second-order valence-electron chi connectivity index (χ2n) is 8.00. The minimum Gasteiger partial charge on any atom is -0.488 e. The molecule has 2 aromatic rings. The van der Waals surface area contributed by atoms with Crippen LogP contribution in [-0.2, 0) is 11.0 Å². The number of carbonyl (C=O) groups is 1. The van der Waals surface area contributed by atoms with E-state index < -0.39 is 48.7 Å². The molecule has 0 bridgehead atoms. The summed E-state index contributed by atoms with van der Waals surface area (Å²) in [7, 11) is 0. The standard InChI is InChI=1S/C21H19F5N4O2/c22-20(23)8-13(9-27)30(12-20)18(31)11-29-7-5-14(10-29)32-17-4-6-28-19-15(17)2-1-3-16(19)21(24,25)26/h1-4,6,13-14H,5,7-8,10-12H2. The molecular weight excluding hydrogens is 435 g/mol. The molecule has 1 aromatic carbocycles. The first kappa shape index (κ1) is 22.2. The first-order chi connectivity index (χ1) is 15.1. The highest BCUT2D eigenvalue weighted by molar-refractivity contribution is 5.87. The van der Waals surface area contributed by atoms with Gasteiger partial charge < -0.3 is 9.64 Å². The Morgan fingerprint density at radius 3 is 2.81 bits per heavy atom. The molecule has 170 valence electrons. The predicted molar refractivity (Wildman–Crippen MR) is 103 cm³/mol. The van der Waals surface area contributed by atoms with Crippen molar-refractivity contribution >= 4 is 16.8 Å². The molecule has 2 fully saturated rings. The van der Waals surface area contributed by atoms with E-state index in [1.165, 1.54) is 24.4 Å². The number of hydrogen-bond acceptors (Lipinski definition) is 5. The average molecular weight is 454 g/mol. The number of aromatic nitrogens is 1. The van der Waals surface area contributed by atoms with Crippen LogP contribution >= 0.6 is 0 Å². The zero-order chi connectivity index (χ0) is 23.1. The van der Waals surface area contributed by atoms with Crippen LogP contribution in [0.25, 0.3) is 10.9 Å². The van der Waals surface area contributed by atoms with Crippen molar-refractivity contribution in [2.75, 3.05) is 26.2 Å². The summed E-state index contributed by atoms with van der Waals surface area (Å²) in [5, 5.41) is 9.28. The third kappa shape index (κ3) is 4.46. The zero-order valence-corrected chi connectivity index (χ0v) is 16.8. The van der Waals surface area contributed by atoms with Gasteiger partial charge in [0.15, 0.2) is 0 Å². The third-order valence-corrected chi connectivity index (χ3v) is 5.66. The number of pyridine rings is 1. The third-order valence-electron chi connectivity index (χ3n) is 5.66. The molecule has 1 aromatic heterocycles. The molecule has 6 nitrogen and oxygen atoms in total. The smallest absolute Gasteiger partial charge is 0.418 e. The molecule has 0 spiro atoms. The summed E-state index contributed by atoms with van der Waals surface area (Å²) in [6.07, 6.45) is -3.86. The molecular formula is C21H19F5N4O2. The van der Waals surface area contributed by atoms with Crippen LogP contribution in [0.2, 0.25) is 0 Å². The van der Waals surface area contributed by atoms with Crippen molar-refractivity contribution < 1.29 is 31.5 Å². The average Bonchev–Trinajstić information content (AvgIpc) is 3.29. The van der Waals surface area contributed by atoms with Crippen LogP contribution < -0.4 is 4.74 Å². The van der Waals surface area contributed by atoms with Gasteiger partial charge in [-0.05, 0) is 24.6 Å². The predicted octanol–water partition coefficient (Wildman–Crippen LogP) is 3.47. The Kier molecular flexibility index (Phi) is 5.67. The normalized spacial score (nSPS) is 23.4. The summed E-state index contributed by atoms with van der Waals surface area (Å²) in [6, 6.07) is 5.82. The van der Waals surface area contributed by atoms with Crippen molar-refractivity contribution in [3.05, 3.63) is 36.0 Å². The highest BCUT2D eigenvalue weighted by Crippen LogP contribution is 2.37. The van der Waals surface area contributed by atoms with Crippen molar-refractivity contribution in [2.24, 2.45) is 0 Å². The fourth-order valence-corrected chi connectivity index (χ4v) is 4.18. The van der Waals surface area contributed by atoms with Crippen LogP contribution in [0.5, 0.6) is 5.75 Å². The van der Waals surface area contributed by atoms with E-state index in [0.717, 1.165) is 11.0 Å². The second kappa shape index (κ2) is 8.16. The topological polar surface area (TPSA) is 69.5 Å². The first-order valence-corrected chi connectivity index (χ1v) is 9.98. The molecule has 2 aliphatic heterocycles. The molecule has 2 saturated heterocycles. The number of amides is 1. The van der Waals surface area contributed by atoms with Crippen LogP contribution in [0.1, 0.15) is 18.4 Å². The van der Waals surface area contributed by atoms with Gasteiger partial charge >= 0.3 is 6.18 Å². The van der Waals surface area contributed by atoms with Gasteiger partial charge in [-0.25, -0.2) is 8.78 Å². The summed E-state index contributed by atoms with van der Waals surface area (Å²) in [5.74, 6) is -3.38. The molecule has 2 atom stereocenters. The molecule has 3 heterocycles. The Labute approximate surface area is 180 Å². The number of benzene rings is 1. The SMILES string of the molecule is N#CC1CC(F)(F)CN1C(=O)CN1CCC(Oc2ccnc3c(C(F)(F)F)cccc23)C1. The van der Waals surface area contributed by atoms with Crippen LogP contribution in [0.3, 0.4) is 0 Å². The summed E-state index contributed by atoms with van der Waals surface area (Å²) >= 11 is 0. The van der Waals surface area contributed by atoms with Crippen molar-refractivity contribution in [1.82, 2.24) is 14.8 Å². The largest absolute Gasteiger partial charge is 0.488 e. The molecule has 0 N–H and O–H groups in total. The van der Waals surface area contributed by atoms with Gasteiger partial charge in [-0.3, -0.25) is 14.7 Å². The Morgan fingerprint density at radius 2 is 2.09 bits per heavy atom. The molecule has 0 saturated carbocycles. The monoisotopic (exact) mass is 454 g/mol. The fourth-order valence-electron chi connectivity index (χ4n) is 4.18. The van der Waals surface area contributed by atoms with Gasteiger partial charge in [0.05, 0.1) is 30.2 Å². The molecule has 1 amide bonds. The molecule has 32 heavy (non-hydrogen) atoms. The Balaban J connectivity index is 1.42. The minimum atomic E-state index is -4.55. The maximum Gasteiger partial charge on any atom is 0.418 e. The number of nitriles is 1. The van der Waals surface area contributed by atoms with Gasteiger partial charge in [-0.2, -0.15) is 18.4 Å². The molecule has 2 unspecified atom stereocenters. The number of nitrogens with zero attached hydrogens (tertiary/aromatic N) is 4. The first-order valence-electron chi connectivity index (χ1n) is 9.98. The van der Waals surface area contributed by atoms with E-state index in [0.29, 0.717) is 19.5 Å². The van der Waals surface area contributed by atoms with Crippen LogP contribution in [0.4, 0.5) is 22.0 Å². The Hall–Kier alpha value is -3.00. The van der Waals surface area contributed by atoms with Gasteiger partial charge in [-0.15, -0.1) is 0 Å². The van der Waals surface area contributed by atoms with Gasteiger partial charge in [0.2, 0.25) is 5.91 Å². The van der Waals surface area contributed by atoms with E-state index in [9.17, 15) is 26.7 Å². The van der Waals surface area contributed by atoms with Crippen molar-refractivity contribution in [3.63, 3.8) is 0 Å². The van der Waals surface area contributed by atoms with Crippen molar-refractivity contribution in [2.45, 2.75) is 37.1 Å². The molecule has 0 aliphatic carbocycles. The van der Waals surface area contributed by atoms with Crippen LogP contribution in [0, 0.1) is 11.3 Å². The number of halogens is 5. The molecule has 2 aliphatic rings. The Bertz CT molecular complexity index is 1070. The van der Waals surface area contributed by atoms with Gasteiger partial charge in [0, 0.05) is 31.1 Å². The van der Waals surface area contributed by atoms with E-state index in [1.54, 1.807) is 11.0 Å². The van der Waals surface area contributed by atoms with Crippen molar-refractivity contribution in [3.8, 4) is 11.8 Å². The summed E-state index contributed by atoms with van der Waals surface area (Å²) in [5.41, 5.74) is -1.06. The lowest BCUT2D eigenvalue weighted by molar-refractivity contribution is -0.136. The molecule has 11 heteroatoms. The van der Waals surface area contributed by atoms with E-state index in [4.69, 9.17) is 10.00 Å². The van der Waals surface area contributed by atoms with E-state index in [-0.39, 0.29) is 23.2 Å². The van der Waals surface area contributed by atoms with Crippen LogP contribution in [-0.4, -0.2) is 64.9 Å². The fraction of sp³-hybridized carbons (Fsp3) is 0.476. The maximum absolute atomic E-state index is 13.6. The van der Waals surface area contributed by atoms with Crippen LogP contribution in [0.15, 0.2) is 30.5 Å². The highest BCUT2D eigenvalue weighted by atomic mass is 19.4. The number of alkyl halides is 5. The number of ether oxygens (including phenoxy) is 1. The zero-order valence-electron chi connectivity index (χ0n) is 16.8. The second-order valence-corrected chi connectivity index (χ2v) is 8.00. The lowest BCUT2D eigenvalue weighted by atomic mass is 10.1.